The summed E-state index contributed by atoms with van der Waals surface area (Å²) in [4.78, 5) is 6.14. The Morgan fingerprint density at radius 2 is 1.87 bits per heavy atom. The van der Waals surface area contributed by atoms with Gasteiger partial charge in [0.1, 0.15) is 5.75 Å². The number of nitrogens with zero attached hydrogens (tertiary/aromatic N) is 1. The molecule has 2 aliphatic heterocycles. The number of aromatic hydroxyl groups is 1. The summed E-state index contributed by atoms with van der Waals surface area (Å²) in [6, 6.07) is 22.3. The smallest absolute Gasteiger partial charge is 0.231 e. The van der Waals surface area contributed by atoms with Gasteiger partial charge in [-0.05, 0) is 53.4 Å². The lowest BCUT2D eigenvalue weighted by Crippen LogP contribution is -2.35. The summed E-state index contributed by atoms with van der Waals surface area (Å²) >= 11 is 0. The number of rotatable bonds is 3. The molecule has 1 aromatic heterocycles. The molecule has 150 valence electrons. The fourth-order valence-electron chi connectivity index (χ4n) is 4.81. The maximum atomic E-state index is 10.2. The predicted octanol–water partition coefficient (Wildman–Crippen LogP) is 4.75. The summed E-state index contributed by atoms with van der Waals surface area (Å²) < 4.78 is 11.0. The Kier molecular flexibility index (Phi) is 3.96. The number of ether oxygens (including phenoxy) is 2. The summed E-state index contributed by atoms with van der Waals surface area (Å²) in [5.74, 6) is 1.91. The van der Waals surface area contributed by atoms with E-state index in [9.17, 15) is 5.11 Å². The molecule has 3 heterocycles. The van der Waals surface area contributed by atoms with Crippen molar-refractivity contribution in [1.29, 1.82) is 0 Å². The minimum atomic E-state index is 0.0404. The third kappa shape index (κ3) is 2.82. The van der Waals surface area contributed by atoms with E-state index in [4.69, 9.17) is 9.47 Å². The van der Waals surface area contributed by atoms with Crippen molar-refractivity contribution in [3.05, 3.63) is 89.1 Å². The SMILES string of the molecule is Oc1cccc([C@@H]2c3[nH]c4ccccc4c3CCN2Cc2ccc3c(c2)OCO3)c1. The van der Waals surface area contributed by atoms with Gasteiger partial charge in [0, 0.05) is 29.7 Å². The molecule has 3 aromatic carbocycles. The molecule has 6 rings (SSSR count). The van der Waals surface area contributed by atoms with E-state index in [1.54, 1.807) is 6.07 Å². The van der Waals surface area contributed by atoms with Crippen LogP contribution in [0.5, 0.6) is 17.2 Å². The van der Waals surface area contributed by atoms with E-state index in [1.165, 1.54) is 22.2 Å². The molecule has 0 bridgehead atoms. The molecule has 0 saturated heterocycles. The fraction of sp³-hybridized carbons (Fsp3) is 0.200. The lowest BCUT2D eigenvalue weighted by molar-refractivity contribution is 0.173. The molecule has 5 heteroatoms. The van der Waals surface area contributed by atoms with Crippen LogP contribution >= 0.6 is 0 Å². The Morgan fingerprint density at radius 3 is 2.80 bits per heavy atom. The second-order valence-corrected chi connectivity index (χ2v) is 7.97. The van der Waals surface area contributed by atoms with Crippen LogP contribution in [-0.4, -0.2) is 28.3 Å². The average Bonchev–Trinajstić information content (AvgIpc) is 3.37. The van der Waals surface area contributed by atoms with Crippen LogP contribution in [-0.2, 0) is 13.0 Å². The van der Waals surface area contributed by atoms with Crippen molar-refractivity contribution >= 4 is 10.9 Å². The van der Waals surface area contributed by atoms with Crippen molar-refractivity contribution in [3.63, 3.8) is 0 Å². The Hall–Kier alpha value is -3.44. The van der Waals surface area contributed by atoms with Crippen molar-refractivity contribution < 1.29 is 14.6 Å². The molecular weight excluding hydrogens is 376 g/mol. The number of hydrogen-bond acceptors (Lipinski definition) is 4. The highest BCUT2D eigenvalue weighted by molar-refractivity contribution is 5.85. The molecule has 1 atom stereocenters. The average molecular weight is 398 g/mol. The maximum absolute atomic E-state index is 10.2. The van der Waals surface area contributed by atoms with Crippen molar-refractivity contribution in [3.8, 4) is 17.2 Å². The van der Waals surface area contributed by atoms with E-state index in [0.717, 1.165) is 42.1 Å². The standard InChI is InChI=1S/C25H22N2O3/c28-18-5-3-4-17(13-18)25-24-20(19-6-1-2-7-21(19)26-24)10-11-27(25)14-16-8-9-22-23(12-16)30-15-29-22/h1-9,12-13,25-26,28H,10-11,14-15H2/t25-/m1/s1. The molecule has 0 saturated carbocycles. The van der Waals surface area contributed by atoms with Gasteiger partial charge in [-0.2, -0.15) is 0 Å². The Labute approximate surface area is 174 Å². The van der Waals surface area contributed by atoms with E-state index in [-0.39, 0.29) is 12.8 Å². The molecule has 30 heavy (non-hydrogen) atoms. The lowest BCUT2D eigenvalue weighted by atomic mass is 9.92. The number of aromatic amines is 1. The predicted molar refractivity (Wildman–Crippen MR) is 115 cm³/mol. The van der Waals surface area contributed by atoms with Crippen molar-refractivity contribution in [2.75, 3.05) is 13.3 Å². The largest absolute Gasteiger partial charge is 0.508 e. The molecule has 0 spiro atoms. The topological polar surface area (TPSA) is 57.7 Å². The van der Waals surface area contributed by atoms with Gasteiger partial charge in [0.15, 0.2) is 11.5 Å². The van der Waals surface area contributed by atoms with Gasteiger partial charge < -0.3 is 19.6 Å². The molecule has 0 aliphatic carbocycles. The third-order valence-electron chi connectivity index (χ3n) is 6.14. The minimum Gasteiger partial charge on any atom is -0.508 e. The summed E-state index contributed by atoms with van der Waals surface area (Å²) in [5, 5.41) is 11.4. The van der Waals surface area contributed by atoms with E-state index < -0.39 is 0 Å². The number of hydrogen-bond donors (Lipinski definition) is 2. The maximum Gasteiger partial charge on any atom is 0.231 e. The highest BCUT2D eigenvalue weighted by atomic mass is 16.7. The highest BCUT2D eigenvalue weighted by Gasteiger charge is 2.32. The van der Waals surface area contributed by atoms with Crippen molar-refractivity contribution in [2.45, 2.75) is 19.0 Å². The summed E-state index contributed by atoms with van der Waals surface area (Å²) in [6.07, 6.45) is 0.985. The molecule has 4 aromatic rings. The van der Waals surface area contributed by atoms with Crippen LogP contribution in [0.3, 0.4) is 0 Å². The first-order chi connectivity index (χ1) is 14.8. The molecule has 0 amide bonds. The molecule has 2 N–H and O–H groups in total. The number of nitrogens with one attached hydrogen (secondary N) is 1. The molecular formula is C25H22N2O3. The van der Waals surface area contributed by atoms with Crippen LogP contribution in [0.2, 0.25) is 0 Å². The minimum absolute atomic E-state index is 0.0404. The van der Waals surface area contributed by atoms with E-state index in [2.05, 4.69) is 52.3 Å². The van der Waals surface area contributed by atoms with Crippen LogP contribution in [0.15, 0.2) is 66.7 Å². The molecule has 0 radical (unpaired) electrons. The fourth-order valence-corrected chi connectivity index (χ4v) is 4.81. The van der Waals surface area contributed by atoms with Crippen LogP contribution in [0.25, 0.3) is 10.9 Å². The number of phenolic OH excluding ortho intramolecular Hbond substituents is 1. The lowest BCUT2D eigenvalue weighted by Gasteiger charge is -2.36. The van der Waals surface area contributed by atoms with E-state index in [0.29, 0.717) is 5.75 Å². The van der Waals surface area contributed by atoms with Gasteiger partial charge >= 0.3 is 0 Å². The molecule has 0 unspecified atom stereocenters. The Morgan fingerprint density at radius 1 is 0.967 bits per heavy atom. The van der Waals surface area contributed by atoms with Gasteiger partial charge in [-0.15, -0.1) is 0 Å². The van der Waals surface area contributed by atoms with E-state index in [1.807, 2.05) is 18.2 Å². The zero-order valence-corrected chi connectivity index (χ0v) is 16.5. The first kappa shape index (κ1) is 17.4. The van der Waals surface area contributed by atoms with Gasteiger partial charge in [-0.25, -0.2) is 0 Å². The monoisotopic (exact) mass is 398 g/mol. The van der Waals surface area contributed by atoms with Gasteiger partial charge in [0.2, 0.25) is 6.79 Å². The molecule has 2 aliphatic rings. The highest BCUT2D eigenvalue weighted by Crippen LogP contribution is 2.40. The number of benzene rings is 3. The van der Waals surface area contributed by atoms with Gasteiger partial charge in [0.05, 0.1) is 6.04 Å². The first-order valence-corrected chi connectivity index (χ1v) is 10.3. The van der Waals surface area contributed by atoms with Crippen molar-refractivity contribution in [1.82, 2.24) is 9.88 Å². The summed E-state index contributed by atoms with van der Waals surface area (Å²) in [7, 11) is 0. The second kappa shape index (κ2) is 6.82. The number of phenols is 1. The van der Waals surface area contributed by atoms with Crippen LogP contribution in [0.1, 0.15) is 28.4 Å². The van der Waals surface area contributed by atoms with Crippen molar-refractivity contribution in [2.24, 2.45) is 0 Å². The Balaban J connectivity index is 1.44. The number of fused-ring (bicyclic) bond motifs is 4. The zero-order valence-electron chi connectivity index (χ0n) is 16.5. The summed E-state index contributed by atoms with van der Waals surface area (Å²) in [6.45, 7) is 2.00. The quantitative estimate of drug-likeness (QED) is 0.523. The molecule has 0 fully saturated rings. The number of H-pyrrole nitrogens is 1. The summed E-state index contributed by atoms with van der Waals surface area (Å²) in [5.41, 5.74) is 6.03. The van der Waals surface area contributed by atoms with Crippen LogP contribution < -0.4 is 9.47 Å². The van der Waals surface area contributed by atoms with E-state index >= 15 is 0 Å². The van der Waals surface area contributed by atoms with Gasteiger partial charge in [-0.1, -0.05) is 36.4 Å². The number of aromatic nitrogens is 1. The van der Waals surface area contributed by atoms with Gasteiger partial charge in [0.25, 0.3) is 0 Å². The first-order valence-electron chi connectivity index (χ1n) is 10.3. The van der Waals surface area contributed by atoms with Crippen LogP contribution in [0.4, 0.5) is 0 Å². The normalized spacial score (nSPS) is 17.9. The third-order valence-corrected chi connectivity index (χ3v) is 6.14. The van der Waals surface area contributed by atoms with Gasteiger partial charge in [-0.3, -0.25) is 4.90 Å². The molecule has 5 nitrogen and oxygen atoms in total. The zero-order chi connectivity index (χ0) is 20.1. The Bertz CT molecular complexity index is 1250. The second-order valence-electron chi connectivity index (χ2n) is 7.97. The van der Waals surface area contributed by atoms with Crippen LogP contribution in [0, 0.1) is 0 Å². The number of para-hydroxylation sites is 1.